The quantitative estimate of drug-likeness (QED) is 0.752. The summed E-state index contributed by atoms with van der Waals surface area (Å²) in [6, 6.07) is 11.2. The molecule has 6 heteroatoms. The topological polar surface area (TPSA) is 55.1 Å². The van der Waals surface area contributed by atoms with Gasteiger partial charge in [-0.2, -0.15) is 0 Å². The molecule has 0 fully saturated rings. The van der Waals surface area contributed by atoms with Crippen molar-refractivity contribution in [3.63, 3.8) is 0 Å². The van der Waals surface area contributed by atoms with Crippen molar-refractivity contribution in [2.45, 2.75) is 19.9 Å². The number of nitrogens with one attached hydrogen (secondary N) is 1. The second-order valence-corrected chi connectivity index (χ2v) is 6.78. The average Bonchev–Trinajstić information content (AvgIpc) is 3.16. The zero-order chi connectivity index (χ0) is 16.2. The molecular formula is C17H15ClN2O2S. The number of furan rings is 1. The third-order valence-electron chi connectivity index (χ3n) is 3.31. The van der Waals surface area contributed by atoms with E-state index in [2.05, 4.69) is 10.3 Å². The van der Waals surface area contributed by atoms with Crippen LogP contribution < -0.4 is 5.32 Å². The molecule has 0 spiro atoms. The van der Waals surface area contributed by atoms with Crippen LogP contribution in [0.5, 0.6) is 0 Å². The van der Waals surface area contributed by atoms with E-state index >= 15 is 0 Å². The van der Waals surface area contributed by atoms with Gasteiger partial charge < -0.3 is 9.73 Å². The lowest BCUT2D eigenvalue weighted by Crippen LogP contribution is -2.24. The Kier molecular flexibility index (Phi) is 4.79. The van der Waals surface area contributed by atoms with E-state index in [0.717, 1.165) is 26.9 Å². The number of amides is 1. The number of benzene rings is 1. The Morgan fingerprint density at radius 3 is 2.78 bits per heavy atom. The molecule has 4 nitrogen and oxygen atoms in total. The Morgan fingerprint density at radius 2 is 2.09 bits per heavy atom. The van der Waals surface area contributed by atoms with Gasteiger partial charge in [0.25, 0.3) is 0 Å². The molecule has 0 aliphatic heterocycles. The van der Waals surface area contributed by atoms with Crippen molar-refractivity contribution in [3.8, 4) is 11.3 Å². The zero-order valence-electron chi connectivity index (χ0n) is 12.5. The van der Waals surface area contributed by atoms with Crippen LogP contribution in [-0.4, -0.2) is 10.9 Å². The minimum absolute atomic E-state index is 0.0715. The highest BCUT2D eigenvalue weighted by molar-refractivity contribution is 7.12. The Bertz CT molecular complexity index is 795. The molecule has 2 aromatic heterocycles. The van der Waals surface area contributed by atoms with Gasteiger partial charge in [-0.3, -0.25) is 4.79 Å². The first-order valence-electron chi connectivity index (χ1n) is 7.13. The number of hydrogen-bond acceptors (Lipinski definition) is 4. The first kappa shape index (κ1) is 15.8. The second kappa shape index (κ2) is 6.98. The summed E-state index contributed by atoms with van der Waals surface area (Å²) in [5.41, 5.74) is 1.91. The number of nitrogens with zero attached hydrogens (tertiary/aromatic N) is 1. The molecule has 0 saturated heterocycles. The van der Waals surface area contributed by atoms with E-state index in [-0.39, 0.29) is 12.3 Å². The minimum atomic E-state index is -0.0715. The number of carbonyl (C=O) groups excluding carboxylic acids is 1. The SMILES string of the molecule is Cc1sc(CC(=O)NCc2ccco2)nc1-c1ccc(Cl)cc1. The molecule has 23 heavy (non-hydrogen) atoms. The van der Waals surface area contributed by atoms with Gasteiger partial charge in [0, 0.05) is 15.5 Å². The third kappa shape index (κ3) is 4.00. The van der Waals surface area contributed by atoms with E-state index < -0.39 is 0 Å². The molecule has 0 unspecified atom stereocenters. The number of hydrogen-bond donors (Lipinski definition) is 1. The van der Waals surface area contributed by atoms with Crippen LogP contribution in [0.4, 0.5) is 0 Å². The normalized spacial score (nSPS) is 10.7. The zero-order valence-corrected chi connectivity index (χ0v) is 14.1. The maximum Gasteiger partial charge on any atom is 0.227 e. The van der Waals surface area contributed by atoms with Crippen molar-refractivity contribution in [2.75, 3.05) is 0 Å². The summed E-state index contributed by atoms with van der Waals surface area (Å²) in [5, 5.41) is 4.32. The van der Waals surface area contributed by atoms with Gasteiger partial charge in [-0.15, -0.1) is 11.3 Å². The van der Waals surface area contributed by atoms with E-state index in [0.29, 0.717) is 11.6 Å². The van der Waals surface area contributed by atoms with Gasteiger partial charge in [0.1, 0.15) is 10.8 Å². The lowest BCUT2D eigenvalue weighted by molar-refractivity contribution is -0.120. The Hall–Kier alpha value is -2.11. The molecule has 1 N–H and O–H groups in total. The molecule has 0 radical (unpaired) electrons. The molecule has 3 aromatic rings. The number of aromatic nitrogens is 1. The summed E-state index contributed by atoms with van der Waals surface area (Å²) in [6.07, 6.45) is 1.85. The molecule has 1 amide bonds. The molecule has 3 rings (SSSR count). The lowest BCUT2D eigenvalue weighted by atomic mass is 10.1. The van der Waals surface area contributed by atoms with Crippen molar-refractivity contribution >= 4 is 28.8 Å². The van der Waals surface area contributed by atoms with Crippen LogP contribution in [0.1, 0.15) is 15.6 Å². The number of aryl methyl sites for hydroxylation is 1. The summed E-state index contributed by atoms with van der Waals surface area (Å²) in [7, 11) is 0. The van der Waals surface area contributed by atoms with Crippen LogP contribution in [0.15, 0.2) is 47.1 Å². The maximum atomic E-state index is 12.0. The van der Waals surface area contributed by atoms with Crippen LogP contribution in [-0.2, 0) is 17.8 Å². The highest BCUT2D eigenvalue weighted by Gasteiger charge is 2.13. The number of carbonyl (C=O) groups is 1. The minimum Gasteiger partial charge on any atom is -0.467 e. The Balaban J connectivity index is 1.66. The predicted octanol–water partition coefficient (Wildman–Crippen LogP) is 4.22. The van der Waals surface area contributed by atoms with Gasteiger partial charge in [0.05, 0.1) is 24.9 Å². The van der Waals surface area contributed by atoms with Gasteiger partial charge in [0.2, 0.25) is 5.91 Å². The van der Waals surface area contributed by atoms with Crippen molar-refractivity contribution in [1.29, 1.82) is 0 Å². The Morgan fingerprint density at radius 1 is 1.30 bits per heavy atom. The summed E-state index contributed by atoms with van der Waals surface area (Å²) in [4.78, 5) is 17.7. The van der Waals surface area contributed by atoms with Crippen molar-refractivity contribution in [2.24, 2.45) is 0 Å². The van der Waals surface area contributed by atoms with Crippen molar-refractivity contribution < 1.29 is 9.21 Å². The van der Waals surface area contributed by atoms with Crippen LogP contribution in [0.25, 0.3) is 11.3 Å². The summed E-state index contributed by atoms with van der Waals surface area (Å²) >= 11 is 7.45. The summed E-state index contributed by atoms with van der Waals surface area (Å²) in [5.74, 6) is 0.660. The fraction of sp³-hybridized carbons (Fsp3) is 0.176. The van der Waals surface area contributed by atoms with Crippen LogP contribution in [0.2, 0.25) is 5.02 Å². The summed E-state index contributed by atoms with van der Waals surface area (Å²) < 4.78 is 5.19. The first-order valence-corrected chi connectivity index (χ1v) is 8.32. The summed E-state index contributed by atoms with van der Waals surface area (Å²) in [6.45, 7) is 2.39. The monoisotopic (exact) mass is 346 g/mol. The average molecular weight is 347 g/mol. The molecule has 0 aliphatic rings. The van der Waals surface area contributed by atoms with E-state index in [1.807, 2.05) is 37.3 Å². The predicted molar refractivity (Wildman–Crippen MR) is 91.6 cm³/mol. The molecule has 2 heterocycles. The fourth-order valence-electron chi connectivity index (χ4n) is 2.20. The molecule has 0 atom stereocenters. The van der Waals surface area contributed by atoms with E-state index in [9.17, 15) is 4.79 Å². The van der Waals surface area contributed by atoms with E-state index in [1.54, 1.807) is 12.3 Å². The van der Waals surface area contributed by atoms with Crippen LogP contribution in [0.3, 0.4) is 0 Å². The second-order valence-electron chi connectivity index (χ2n) is 5.05. The fourth-order valence-corrected chi connectivity index (χ4v) is 3.28. The Labute approximate surface area is 143 Å². The third-order valence-corrected chi connectivity index (χ3v) is 4.53. The molecule has 0 bridgehead atoms. The highest BCUT2D eigenvalue weighted by atomic mass is 35.5. The molecule has 0 aliphatic carbocycles. The lowest BCUT2D eigenvalue weighted by Gasteiger charge is -2.01. The maximum absolute atomic E-state index is 12.0. The van der Waals surface area contributed by atoms with Gasteiger partial charge in [-0.1, -0.05) is 23.7 Å². The van der Waals surface area contributed by atoms with Gasteiger partial charge in [-0.25, -0.2) is 4.98 Å². The molecule has 1 aromatic carbocycles. The van der Waals surface area contributed by atoms with Gasteiger partial charge in [0.15, 0.2) is 0 Å². The highest BCUT2D eigenvalue weighted by Crippen LogP contribution is 2.28. The van der Waals surface area contributed by atoms with E-state index in [4.69, 9.17) is 16.0 Å². The standard InChI is InChI=1S/C17H15ClN2O2S/c1-11-17(12-4-6-13(18)7-5-12)20-16(23-11)9-15(21)19-10-14-3-2-8-22-14/h2-8H,9-10H2,1H3,(H,19,21). The number of thiazole rings is 1. The van der Waals surface area contributed by atoms with Gasteiger partial charge >= 0.3 is 0 Å². The van der Waals surface area contributed by atoms with Crippen molar-refractivity contribution in [1.82, 2.24) is 10.3 Å². The van der Waals surface area contributed by atoms with E-state index in [1.165, 1.54) is 11.3 Å². The number of rotatable bonds is 5. The van der Waals surface area contributed by atoms with Crippen molar-refractivity contribution in [3.05, 3.63) is 63.3 Å². The smallest absolute Gasteiger partial charge is 0.227 e. The van der Waals surface area contributed by atoms with Crippen LogP contribution in [0, 0.1) is 6.92 Å². The van der Waals surface area contributed by atoms with Crippen LogP contribution >= 0.6 is 22.9 Å². The molecule has 118 valence electrons. The van der Waals surface area contributed by atoms with Gasteiger partial charge in [-0.05, 0) is 31.2 Å². The number of halogens is 1. The first-order chi connectivity index (χ1) is 11.1. The molecule has 0 saturated carbocycles. The largest absolute Gasteiger partial charge is 0.467 e. The molecular weight excluding hydrogens is 332 g/mol.